The van der Waals surface area contributed by atoms with Gasteiger partial charge in [-0.2, -0.15) is 0 Å². The molecular formula is C20H20ClNO5. The summed E-state index contributed by atoms with van der Waals surface area (Å²) in [6.45, 7) is 2.91. The van der Waals surface area contributed by atoms with E-state index in [0.717, 1.165) is 0 Å². The fraction of sp³-hybridized carbons (Fsp3) is 0.250. The molecule has 0 aliphatic heterocycles. The lowest BCUT2D eigenvalue weighted by molar-refractivity contribution is -0.152. The van der Waals surface area contributed by atoms with Gasteiger partial charge in [0.1, 0.15) is 5.75 Å². The maximum absolute atomic E-state index is 12.2. The number of esters is 1. The molecule has 1 atom stereocenters. The monoisotopic (exact) mass is 389 g/mol. The predicted octanol–water partition coefficient (Wildman–Crippen LogP) is 3.66. The highest BCUT2D eigenvalue weighted by Gasteiger charge is 2.19. The SMILES string of the molecule is COc1ccc(Cl)cc1CC(=O)O[C@H](C)C(=O)Nc1cccc(C(C)=O)c1. The molecule has 142 valence electrons. The average Bonchev–Trinajstić information content (AvgIpc) is 2.62. The number of Topliss-reactive ketones (excluding diaryl/α,β-unsaturated/α-hetero) is 1. The number of amides is 1. The molecule has 0 spiro atoms. The van der Waals surface area contributed by atoms with Crippen LogP contribution in [0.4, 0.5) is 5.69 Å². The highest BCUT2D eigenvalue weighted by Crippen LogP contribution is 2.23. The van der Waals surface area contributed by atoms with Crippen LogP contribution in [0.3, 0.4) is 0 Å². The molecule has 0 aliphatic rings. The van der Waals surface area contributed by atoms with Gasteiger partial charge in [0.15, 0.2) is 11.9 Å². The minimum absolute atomic E-state index is 0.0822. The molecule has 1 N–H and O–H groups in total. The minimum atomic E-state index is -1.01. The van der Waals surface area contributed by atoms with Crippen molar-refractivity contribution in [3.63, 3.8) is 0 Å². The summed E-state index contributed by atoms with van der Waals surface area (Å²) in [5.74, 6) is -0.687. The van der Waals surface area contributed by atoms with Crippen molar-refractivity contribution < 1.29 is 23.9 Å². The van der Waals surface area contributed by atoms with Gasteiger partial charge in [0.2, 0.25) is 0 Å². The maximum atomic E-state index is 12.2. The quantitative estimate of drug-likeness (QED) is 0.577. The second-order valence-electron chi connectivity index (χ2n) is 5.89. The Morgan fingerprint density at radius 3 is 2.56 bits per heavy atom. The topological polar surface area (TPSA) is 81.7 Å². The van der Waals surface area contributed by atoms with Crippen molar-refractivity contribution in [2.24, 2.45) is 0 Å². The van der Waals surface area contributed by atoms with Gasteiger partial charge in [-0.25, -0.2) is 0 Å². The maximum Gasteiger partial charge on any atom is 0.311 e. The number of methoxy groups -OCH3 is 1. The number of carbonyl (C=O) groups excluding carboxylic acids is 3. The number of hydrogen-bond acceptors (Lipinski definition) is 5. The summed E-state index contributed by atoms with van der Waals surface area (Å²) in [5, 5.41) is 3.09. The van der Waals surface area contributed by atoms with Crippen molar-refractivity contribution in [1.29, 1.82) is 0 Å². The molecule has 0 aliphatic carbocycles. The van der Waals surface area contributed by atoms with Gasteiger partial charge in [0.25, 0.3) is 5.91 Å². The largest absolute Gasteiger partial charge is 0.496 e. The van der Waals surface area contributed by atoms with Crippen LogP contribution in [0.25, 0.3) is 0 Å². The van der Waals surface area contributed by atoms with E-state index in [0.29, 0.717) is 27.6 Å². The van der Waals surface area contributed by atoms with Crippen LogP contribution in [0, 0.1) is 0 Å². The van der Waals surface area contributed by atoms with Crippen LogP contribution in [0.15, 0.2) is 42.5 Å². The number of halogens is 1. The fourth-order valence-corrected chi connectivity index (χ4v) is 2.59. The molecule has 0 unspecified atom stereocenters. The Bertz CT molecular complexity index is 865. The van der Waals surface area contributed by atoms with E-state index in [9.17, 15) is 14.4 Å². The molecule has 0 aromatic heterocycles. The van der Waals surface area contributed by atoms with Crippen LogP contribution in [-0.2, 0) is 20.7 Å². The molecule has 0 bridgehead atoms. The second kappa shape index (κ2) is 9.19. The van der Waals surface area contributed by atoms with Gasteiger partial charge in [-0.05, 0) is 44.2 Å². The van der Waals surface area contributed by atoms with Gasteiger partial charge in [0.05, 0.1) is 13.5 Å². The summed E-state index contributed by atoms with van der Waals surface area (Å²) in [6, 6.07) is 11.4. The lowest BCUT2D eigenvalue weighted by atomic mass is 10.1. The lowest BCUT2D eigenvalue weighted by Crippen LogP contribution is -2.30. The number of benzene rings is 2. The van der Waals surface area contributed by atoms with Crippen molar-refractivity contribution in [3.05, 3.63) is 58.6 Å². The van der Waals surface area contributed by atoms with Gasteiger partial charge < -0.3 is 14.8 Å². The Morgan fingerprint density at radius 1 is 1.15 bits per heavy atom. The molecule has 6 nitrogen and oxygen atoms in total. The molecule has 0 saturated carbocycles. The number of rotatable bonds is 7. The van der Waals surface area contributed by atoms with Crippen LogP contribution in [-0.4, -0.2) is 30.9 Å². The first-order chi connectivity index (χ1) is 12.8. The smallest absolute Gasteiger partial charge is 0.311 e. The van der Waals surface area contributed by atoms with E-state index in [1.807, 2.05) is 0 Å². The summed E-state index contributed by atoms with van der Waals surface area (Å²) in [4.78, 5) is 35.8. The zero-order valence-corrected chi connectivity index (χ0v) is 16.0. The van der Waals surface area contributed by atoms with E-state index >= 15 is 0 Å². The molecule has 0 heterocycles. The van der Waals surface area contributed by atoms with Crippen LogP contribution in [0.1, 0.15) is 29.8 Å². The summed E-state index contributed by atoms with van der Waals surface area (Å²) in [5.41, 5.74) is 1.49. The first kappa shape index (κ1) is 20.5. The summed E-state index contributed by atoms with van der Waals surface area (Å²) in [6.07, 6.45) is -1.09. The standard InChI is InChI=1S/C20H20ClNO5/c1-12(23)14-5-4-6-17(10-14)22-20(25)13(2)27-19(24)11-15-9-16(21)7-8-18(15)26-3/h4-10,13H,11H2,1-3H3,(H,22,25)/t13-/m1/s1. The Balaban J connectivity index is 1.98. The van der Waals surface area contributed by atoms with E-state index in [1.54, 1.807) is 42.5 Å². The number of hydrogen-bond donors (Lipinski definition) is 1. The Labute approximate surface area is 162 Å². The molecule has 2 aromatic rings. The summed E-state index contributed by atoms with van der Waals surface area (Å²) < 4.78 is 10.4. The highest BCUT2D eigenvalue weighted by molar-refractivity contribution is 6.30. The summed E-state index contributed by atoms with van der Waals surface area (Å²) >= 11 is 5.94. The van der Waals surface area contributed by atoms with Gasteiger partial charge >= 0.3 is 5.97 Å². The van der Waals surface area contributed by atoms with Crippen LogP contribution >= 0.6 is 11.6 Å². The number of ketones is 1. The number of carbonyl (C=O) groups is 3. The van der Waals surface area contributed by atoms with E-state index in [4.69, 9.17) is 21.1 Å². The van der Waals surface area contributed by atoms with Crippen molar-refractivity contribution in [2.75, 3.05) is 12.4 Å². The Hall–Kier alpha value is -2.86. The lowest BCUT2D eigenvalue weighted by Gasteiger charge is -2.15. The Morgan fingerprint density at radius 2 is 1.89 bits per heavy atom. The van der Waals surface area contributed by atoms with Gasteiger partial charge in [-0.15, -0.1) is 0 Å². The van der Waals surface area contributed by atoms with Crippen molar-refractivity contribution >= 4 is 34.9 Å². The second-order valence-corrected chi connectivity index (χ2v) is 6.33. The third-order valence-electron chi connectivity index (χ3n) is 3.79. The molecule has 0 saturated heterocycles. The molecular weight excluding hydrogens is 370 g/mol. The fourth-order valence-electron chi connectivity index (χ4n) is 2.39. The minimum Gasteiger partial charge on any atom is -0.496 e. The number of nitrogens with one attached hydrogen (secondary N) is 1. The van der Waals surface area contributed by atoms with E-state index in [2.05, 4.69) is 5.32 Å². The molecule has 7 heteroatoms. The number of anilines is 1. The van der Waals surface area contributed by atoms with Crippen LogP contribution < -0.4 is 10.1 Å². The summed E-state index contributed by atoms with van der Waals surface area (Å²) in [7, 11) is 1.49. The zero-order chi connectivity index (χ0) is 20.0. The molecule has 0 fully saturated rings. The van der Waals surface area contributed by atoms with Crippen LogP contribution in [0.5, 0.6) is 5.75 Å². The van der Waals surface area contributed by atoms with Gasteiger partial charge in [0, 0.05) is 21.8 Å². The average molecular weight is 390 g/mol. The van der Waals surface area contributed by atoms with Gasteiger partial charge in [-0.1, -0.05) is 23.7 Å². The first-order valence-corrected chi connectivity index (χ1v) is 8.61. The highest BCUT2D eigenvalue weighted by atomic mass is 35.5. The molecule has 27 heavy (non-hydrogen) atoms. The van der Waals surface area contributed by atoms with E-state index < -0.39 is 18.0 Å². The number of ether oxygens (including phenoxy) is 2. The third-order valence-corrected chi connectivity index (χ3v) is 4.03. The van der Waals surface area contributed by atoms with Crippen molar-refractivity contribution in [3.8, 4) is 5.75 Å². The molecule has 1 amide bonds. The molecule has 2 aromatic carbocycles. The van der Waals surface area contributed by atoms with Crippen molar-refractivity contribution in [1.82, 2.24) is 0 Å². The normalized spacial score (nSPS) is 11.4. The van der Waals surface area contributed by atoms with E-state index in [-0.39, 0.29) is 12.2 Å². The Kier molecular flexibility index (Phi) is 6.96. The molecule has 2 rings (SSSR count). The first-order valence-electron chi connectivity index (χ1n) is 8.24. The van der Waals surface area contributed by atoms with Crippen molar-refractivity contribution in [2.45, 2.75) is 26.4 Å². The van der Waals surface area contributed by atoms with Gasteiger partial charge in [-0.3, -0.25) is 14.4 Å². The molecule has 0 radical (unpaired) electrons. The van der Waals surface area contributed by atoms with E-state index in [1.165, 1.54) is 21.0 Å². The third kappa shape index (κ3) is 5.82. The zero-order valence-electron chi connectivity index (χ0n) is 15.2. The van der Waals surface area contributed by atoms with Crippen LogP contribution in [0.2, 0.25) is 5.02 Å². The predicted molar refractivity (Wildman–Crippen MR) is 102 cm³/mol.